The van der Waals surface area contributed by atoms with Crippen LogP contribution in [0.2, 0.25) is 5.15 Å². The van der Waals surface area contributed by atoms with Crippen LogP contribution in [0.25, 0.3) is 0 Å². The average molecular weight is 312 g/mol. The molecule has 0 fully saturated rings. The summed E-state index contributed by atoms with van der Waals surface area (Å²) in [5.74, 6) is -0.386. The Kier molecular flexibility index (Phi) is 4.01. The first-order valence-corrected chi connectivity index (χ1v) is 7.72. The summed E-state index contributed by atoms with van der Waals surface area (Å²) in [7, 11) is -3.36. The molecule has 0 saturated heterocycles. The third-order valence-corrected chi connectivity index (χ3v) is 3.57. The van der Waals surface area contributed by atoms with Crippen molar-refractivity contribution in [3.63, 3.8) is 0 Å². The molecule has 2 heterocycles. The lowest BCUT2D eigenvalue weighted by molar-refractivity contribution is 0.102. The Morgan fingerprint density at radius 1 is 1.25 bits per heavy atom. The van der Waals surface area contributed by atoms with Crippen molar-refractivity contribution < 1.29 is 13.2 Å². The SMILES string of the molecule is CS(=O)(=O)c1ccc(NC(=O)c2ccnc(Cl)c2)cn1. The Balaban J connectivity index is 2.16. The van der Waals surface area contributed by atoms with E-state index in [2.05, 4.69) is 15.3 Å². The summed E-state index contributed by atoms with van der Waals surface area (Å²) in [4.78, 5) is 19.5. The Hall–Kier alpha value is -1.99. The smallest absolute Gasteiger partial charge is 0.255 e. The van der Waals surface area contributed by atoms with E-state index in [1.165, 1.54) is 36.7 Å². The van der Waals surface area contributed by atoms with E-state index in [0.29, 0.717) is 11.3 Å². The normalized spacial score (nSPS) is 11.1. The highest BCUT2D eigenvalue weighted by Gasteiger charge is 2.10. The second-order valence-corrected chi connectivity index (χ2v) is 6.33. The Bertz CT molecular complexity index is 745. The largest absolute Gasteiger partial charge is 0.321 e. The summed E-state index contributed by atoms with van der Waals surface area (Å²) in [6.07, 6.45) is 3.76. The van der Waals surface area contributed by atoms with Crippen LogP contribution in [0.5, 0.6) is 0 Å². The molecule has 0 aliphatic heterocycles. The van der Waals surface area contributed by atoms with Crippen LogP contribution in [-0.4, -0.2) is 30.5 Å². The number of carbonyl (C=O) groups is 1. The van der Waals surface area contributed by atoms with Gasteiger partial charge in [0.2, 0.25) is 0 Å². The quantitative estimate of drug-likeness (QED) is 0.873. The van der Waals surface area contributed by atoms with Crippen molar-refractivity contribution >= 4 is 33.0 Å². The van der Waals surface area contributed by atoms with E-state index in [1.807, 2.05) is 0 Å². The van der Waals surface area contributed by atoms with E-state index in [1.54, 1.807) is 0 Å². The van der Waals surface area contributed by atoms with E-state index >= 15 is 0 Å². The number of sulfone groups is 1. The van der Waals surface area contributed by atoms with Gasteiger partial charge in [-0.2, -0.15) is 0 Å². The molecule has 0 aliphatic rings. The van der Waals surface area contributed by atoms with Gasteiger partial charge in [-0.1, -0.05) is 11.6 Å². The van der Waals surface area contributed by atoms with Crippen LogP contribution in [0.3, 0.4) is 0 Å². The molecule has 0 radical (unpaired) electrons. The molecule has 1 N–H and O–H groups in total. The zero-order valence-electron chi connectivity index (χ0n) is 10.4. The predicted octanol–water partition coefficient (Wildman–Crippen LogP) is 1.79. The first-order valence-electron chi connectivity index (χ1n) is 5.45. The van der Waals surface area contributed by atoms with Crippen molar-refractivity contribution in [2.45, 2.75) is 5.03 Å². The van der Waals surface area contributed by atoms with Gasteiger partial charge in [0.25, 0.3) is 5.91 Å². The summed E-state index contributed by atoms with van der Waals surface area (Å²) in [6.45, 7) is 0. The minimum Gasteiger partial charge on any atom is -0.321 e. The lowest BCUT2D eigenvalue weighted by Gasteiger charge is -2.05. The maximum Gasteiger partial charge on any atom is 0.255 e. The number of nitrogens with one attached hydrogen (secondary N) is 1. The van der Waals surface area contributed by atoms with Crippen molar-refractivity contribution in [1.29, 1.82) is 0 Å². The maximum absolute atomic E-state index is 11.9. The van der Waals surface area contributed by atoms with Gasteiger partial charge in [0, 0.05) is 18.0 Å². The van der Waals surface area contributed by atoms with E-state index < -0.39 is 9.84 Å². The molecule has 0 unspecified atom stereocenters. The predicted molar refractivity (Wildman–Crippen MR) is 74.5 cm³/mol. The highest BCUT2D eigenvalue weighted by molar-refractivity contribution is 7.90. The molecule has 1 amide bonds. The number of hydrogen-bond acceptors (Lipinski definition) is 5. The van der Waals surface area contributed by atoms with Crippen LogP contribution < -0.4 is 5.32 Å². The van der Waals surface area contributed by atoms with Gasteiger partial charge in [0.05, 0.1) is 11.9 Å². The number of aromatic nitrogens is 2. The molecular weight excluding hydrogens is 302 g/mol. The third kappa shape index (κ3) is 3.52. The Labute approximate surface area is 120 Å². The summed E-state index contributed by atoms with van der Waals surface area (Å²) in [5.41, 5.74) is 0.729. The number of pyridine rings is 2. The zero-order chi connectivity index (χ0) is 14.8. The molecule has 2 aromatic rings. The van der Waals surface area contributed by atoms with E-state index in [4.69, 9.17) is 11.6 Å². The second-order valence-electron chi connectivity index (χ2n) is 3.98. The number of rotatable bonds is 3. The van der Waals surface area contributed by atoms with E-state index in [-0.39, 0.29) is 16.1 Å². The molecule has 0 aromatic carbocycles. The van der Waals surface area contributed by atoms with Crippen molar-refractivity contribution in [3.05, 3.63) is 47.4 Å². The van der Waals surface area contributed by atoms with Gasteiger partial charge in [-0.05, 0) is 24.3 Å². The second kappa shape index (κ2) is 5.56. The first-order chi connectivity index (χ1) is 9.36. The number of carbonyl (C=O) groups excluding carboxylic acids is 1. The maximum atomic E-state index is 11.9. The topological polar surface area (TPSA) is 89.0 Å². The molecule has 2 aromatic heterocycles. The average Bonchev–Trinajstić information content (AvgIpc) is 2.38. The van der Waals surface area contributed by atoms with Crippen LogP contribution in [-0.2, 0) is 9.84 Å². The molecule has 104 valence electrons. The number of hydrogen-bond donors (Lipinski definition) is 1. The molecule has 0 bridgehead atoms. The monoisotopic (exact) mass is 311 g/mol. The van der Waals surface area contributed by atoms with E-state index in [0.717, 1.165) is 6.26 Å². The fourth-order valence-corrected chi connectivity index (χ4v) is 2.15. The van der Waals surface area contributed by atoms with Crippen molar-refractivity contribution in [2.24, 2.45) is 0 Å². The fraction of sp³-hybridized carbons (Fsp3) is 0.0833. The summed E-state index contributed by atoms with van der Waals surface area (Å²) >= 11 is 5.69. The highest BCUT2D eigenvalue weighted by atomic mass is 35.5. The van der Waals surface area contributed by atoms with E-state index in [9.17, 15) is 13.2 Å². The van der Waals surface area contributed by atoms with Crippen LogP contribution in [0.4, 0.5) is 5.69 Å². The Morgan fingerprint density at radius 2 is 2.00 bits per heavy atom. The van der Waals surface area contributed by atoms with Gasteiger partial charge in [-0.3, -0.25) is 4.79 Å². The van der Waals surface area contributed by atoms with Gasteiger partial charge < -0.3 is 5.32 Å². The van der Waals surface area contributed by atoms with Crippen LogP contribution in [0.1, 0.15) is 10.4 Å². The van der Waals surface area contributed by atoms with Gasteiger partial charge in [0.1, 0.15) is 5.15 Å². The fourth-order valence-electron chi connectivity index (χ4n) is 1.42. The lowest BCUT2D eigenvalue weighted by Crippen LogP contribution is -2.12. The van der Waals surface area contributed by atoms with Gasteiger partial charge >= 0.3 is 0 Å². The van der Waals surface area contributed by atoms with Gasteiger partial charge in [-0.25, -0.2) is 18.4 Å². The minimum absolute atomic E-state index is 0.0533. The van der Waals surface area contributed by atoms with Gasteiger partial charge in [0.15, 0.2) is 14.9 Å². The Morgan fingerprint density at radius 3 is 2.55 bits per heavy atom. The molecule has 20 heavy (non-hydrogen) atoms. The standard InChI is InChI=1S/C12H10ClN3O3S/c1-20(18,19)11-3-2-9(7-15-11)16-12(17)8-4-5-14-10(13)6-8/h2-7H,1H3,(H,16,17). The molecule has 0 spiro atoms. The summed E-state index contributed by atoms with van der Waals surface area (Å²) in [6, 6.07) is 5.73. The summed E-state index contributed by atoms with van der Waals surface area (Å²) < 4.78 is 22.5. The van der Waals surface area contributed by atoms with Crippen LogP contribution in [0.15, 0.2) is 41.7 Å². The first kappa shape index (κ1) is 14.4. The minimum atomic E-state index is -3.36. The van der Waals surface area contributed by atoms with Crippen molar-refractivity contribution in [1.82, 2.24) is 9.97 Å². The number of amides is 1. The molecule has 0 saturated carbocycles. The number of halogens is 1. The number of anilines is 1. The molecule has 2 rings (SSSR count). The molecule has 8 heteroatoms. The third-order valence-electron chi connectivity index (χ3n) is 2.36. The van der Waals surface area contributed by atoms with Gasteiger partial charge in [-0.15, -0.1) is 0 Å². The highest BCUT2D eigenvalue weighted by Crippen LogP contribution is 2.13. The molecule has 0 atom stereocenters. The zero-order valence-corrected chi connectivity index (χ0v) is 11.9. The molecule has 6 nitrogen and oxygen atoms in total. The van der Waals surface area contributed by atoms with Crippen molar-refractivity contribution in [3.8, 4) is 0 Å². The summed E-state index contributed by atoms with van der Waals surface area (Å²) in [5, 5.41) is 2.74. The molecular formula is C12H10ClN3O3S. The lowest BCUT2D eigenvalue weighted by atomic mass is 10.2. The van der Waals surface area contributed by atoms with Crippen LogP contribution >= 0.6 is 11.6 Å². The molecule has 0 aliphatic carbocycles. The van der Waals surface area contributed by atoms with Crippen LogP contribution in [0, 0.1) is 0 Å². The van der Waals surface area contributed by atoms with Crippen molar-refractivity contribution in [2.75, 3.05) is 11.6 Å². The number of nitrogens with zero attached hydrogens (tertiary/aromatic N) is 2.